The van der Waals surface area contributed by atoms with Crippen molar-refractivity contribution in [1.82, 2.24) is 0 Å². The Hall–Kier alpha value is -1.94. The summed E-state index contributed by atoms with van der Waals surface area (Å²) in [5.74, 6) is 0. The van der Waals surface area contributed by atoms with Gasteiger partial charge in [0.25, 0.3) is 0 Å². The first-order chi connectivity index (χ1) is 12.0. The number of aryl methyl sites for hydroxylation is 2. The summed E-state index contributed by atoms with van der Waals surface area (Å²) in [6.45, 7) is 4.48. The summed E-state index contributed by atoms with van der Waals surface area (Å²) in [6, 6.07) is 22.0. The molecule has 0 aliphatic rings. The summed E-state index contributed by atoms with van der Waals surface area (Å²) in [4.78, 5) is 0. The average molecular weight is 399 g/mol. The molecule has 0 aliphatic carbocycles. The molecule has 0 aliphatic heterocycles. The first-order valence-electron chi connectivity index (χ1n) is 8.17. The second-order valence-corrected chi connectivity index (χ2v) is 6.82. The highest BCUT2D eigenvalue weighted by atomic mass is 79.9. The minimum Gasteiger partial charge on any atom is -0.392 e. The van der Waals surface area contributed by atoms with Gasteiger partial charge in [-0.25, -0.2) is 0 Å². The third-order valence-corrected chi connectivity index (χ3v) is 4.53. The molecule has 0 fully saturated rings. The molecule has 0 saturated carbocycles. The van der Waals surface area contributed by atoms with Crippen LogP contribution in [-0.4, -0.2) is 10.2 Å². The number of aliphatic hydroxyl groups is 2. The summed E-state index contributed by atoms with van der Waals surface area (Å²) in [7, 11) is 0. The number of aliphatic hydroxyl groups excluding tert-OH is 2. The molecule has 3 aromatic rings. The Balaban J connectivity index is 0.000000212. The molecular weight excluding hydrogens is 376 g/mol. The lowest BCUT2D eigenvalue weighted by Gasteiger charge is -2.10. The van der Waals surface area contributed by atoms with E-state index in [0.29, 0.717) is 0 Å². The van der Waals surface area contributed by atoms with E-state index in [-0.39, 0.29) is 13.2 Å². The Morgan fingerprint density at radius 1 is 0.680 bits per heavy atom. The van der Waals surface area contributed by atoms with Crippen molar-refractivity contribution < 1.29 is 10.2 Å². The second kappa shape index (κ2) is 9.52. The van der Waals surface area contributed by atoms with Gasteiger partial charge in [0, 0.05) is 4.47 Å². The third-order valence-electron chi connectivity index (χ3n) is 4.00. The maximum Gasteiger partial charge on any atom is 0.0681 e. The SMILES string of the molecule is Cc1cccc(C)c1-c1ccc(CO)cc1.OCc1ccc(Br)cc1. The van der Waals surface area contributed by atoms with Gasteiger partial charge >= 0.3 is 0 Å². The molecule has 3 aromatic carbocycles. The molecule has 0 unspecified atom stereocenters. The van der Waals surface area contributed by atoms with E-state index in [0.717, 1.165) is 15.6 Å². The lowest BCUT2D eigenvalue weighted by atomic mass is 9.95. The minimum atomic E-state index is 0.104. The number of benzene rings is 3. The van der Waals surface area contributed by atoms with E-state index in [1.807, 2.05) is 36.4 Å². The van der Waals surface area contributed by atoms with Crippen LogP contribution in [0.1, 0.15) is 22.3 Å². The molecule has 0 spiro atoms. The fraction of sp³-hybridized carbons (Fsp3) is 0.182. The molecule has 2 N–H and O–H groups in total. The zero-order valence-electron chi connectivity index (χ0n) is 14.5. The number of rotatable bonds is 3. The van der Waals surface area contributed by atoms with Crippen molar-refractivity contribution in [1.29, 1.82) is 0 Å². The maximum absolute atomic E-state index is 9.01. The highest BCUT2D eigenvalue weighted by Gasteiger charge is 2.04. The Morgan fingerprint density at radius 3 is 1.56 bits per heavy atom. The van der Waals surface area contributed by atoms with Crippen LogP contribution in [0.25, 0.3) is 11.1 Å². The molecule has 0 aromatic heterocycles. The quantitative estimate of drug-likeness (QED) is 0.619. The monoisotopic (exact) mass is 398 g/mol. The fourth-order valence-corrected chi connectivity index (χ4v) is 2.90. The molecule has 3 rings (SSSR count). The normalized spacial score (nSPS) is 10.1. The van der Waals surface area contributed by atoms with Gasteiger partial charge in [-0.3, -0.25) is 0 Å². The van der Waals surface area contributed by atoms with Crippen LogP contribution in [0, 0.1) is 13.8 Å². The molecule has 0 saturated heterocycles. The molecule has 0 radical (unpaired) electrons. The molecule has 0 atom stereocenters. The van der Waals surface area contributed by atoms with Crippen LogP contribution < -0.4 is 0 Å². The van der Waals surface area contributed by atoms with Gasteiger partial charge in [0.15, 0.2) is 0 Å². The standard InChI is InChI=1S/C15H16O.C7H7BrO/c1-11-4-3-5-12(2)15(11)14-8-6-13(10-16)7-9-14;8-7-3-1-6(5-9)2-4-7/h3-9,16H,10H2,1-2H3;1-4,9H,5H2. The molecule has 2 nitrogen and oxygen atoms in total. The van der Waals surface area contributed by atoms with Gasteiger partial charge in [-0.15, -0.1) is 0 Å². The van der Waals surface area contributed by atoms with Gasteiger partial charge in [0.2, 0.25) is 0 Å². The summed E-state index contributed by atoms with van der Waals surface area (Å²) < 4.78 is 1.04. The van der Waals surface area contributed by atoms with Crippen LogP contribution in [0.5, 0.6) is 0 Å². The van der Waals surface area contributed by atoms with E-state index in [2.05, 4.69) is 60.1 Å². The summed E-state index contributed by atoms with van der Waals surface area (Å²) >= 11 is 3.29. The lowest BCUT2D eigenvalue weighted by molar-refractivity contribution is 0.281. The van der Waals surface area contributed by atoms with E-state index in [4.69, 9.17) is 10.2 Å². The number of hydrogen-bond donors (Lipinski definition) is 2. The largest absolute Gasteiger partial charge is 0.392 e. The zero-order chi connectivity index (χ0) is 18.2. The van der Waals surface area contributed by atoms with Crippen molar-refractivity contribution in [2.24, 2.45) is 0 Å². The van der Waals surface area contributed by atoms with Crippen molar-refractivity contribution in [3.05, 3.63) is 93.5 Å². The lowest BCUT2D eigenvalue weighted by Crippen LogP contribution is -1.88. The van der Waals surface area contributed by atoms with Crippen molar-refractivity contribution in [2.75, 3.05) is 0 Å². The molecule has 0 amide bonds. The maximum atomic E-state index is 9.01. The first-order valence-corrected chi connectivity index (χ1v) is 8.96. The van der Waals surface area contributed by atoms with Gasteiger partial charge in [-0.2, -0.15) is 0 Å². The Labute approximate surface area is 157 Å². The van der Waals surface area contributed by atoms with Crippen LogP contribution >= 0.6 is 15.9 Å². The highest BCUT2D eigenvalue weighted by Crippen LogP contribution is 2.27. The Kier molecular flexibility index (Phi) is 7.38. The summed E-state index contributed by atoms with van der Waals surface area (Å²) in [5, 5.41) is 17.6. The molecule has 0 heterocycles. The van der Waals surface area contributed by atoms with Gasteiger partial charge in [0.05, 0.1) is 13.2 Å². The van der Waals surface area contributed by atoms with Gasteiger partial charge in [0.1, 0.15) is 0 Å². The zero-order valence-corrected chi connectivity index (χ0v) is 16.1. The predicted octanol–water partition coefficient (Wildman–Crippen LogP) is 5.40. The number of hydrogen-bond acceptors (Lipinski definition) is 2. The number of halogens is 1. The highest BCUT2D eigenvalue weighted by molar-refractivity contribution is 9.10. The van der Waals surface area contributed by atoms with Crippen LogP contribution in [-0.2, 0) is 13.2 Å². The summed E-state index contributed by atoms with van der Waals surface area (Å²) in [6.07, 6.45) is 0. The van der Waals surface area contributed by atoms with Gasteiger partial charge in [-0.05, 0) is 59.4 Å². The summed E-state index contributed by atoms with van der Waals surface area (Å²) in [5.41, 5.74) is 6.99. The van der Waals surface area contributed by atoms with E-state index in [1.165, 1.54) is 22.3 Å². The minimum absolute atomic E-state index is 0.104. The topological polar surface area (TPSA) is 40.5 Å². The average Bonchev–Trinajstić information content (AvgIpc) is 2.63. The smallest absolute Gasteiger partial charge is 0.0681 e. The molecule has 3 heteroatoms. The fourth-order valence-electron chi connectivity index (χ4n) is 2.64. The van der Waals surface area contributed by atoms with Crippen molar-refractivity contribution in [3.63, 3.8) is 0 Å². The third kappa shape index (κ3) is 5.53. The first kappa shape index (κ1) is 19.4. The Bertz CT molecular complexity index is 773. The van der Waals surface area contributed by atoms with E-state index >= 15 is 0 Å². The molecule has 25 heavy (non-hydrogen) atoms. The van der Waals surface area contributed by atoms with E-state index in [9.17, 15) is 0 Å². The van der Waals surface area contributed by atoms with Crippen LogP contribution in [0.4, 0.5) is 0 Å². The van der Waals surface area contributed by atoms with E-state index in [1.54, 1.807) is 0 Å². The van der Waals surface area contributed by atoms with Gasteiger partial charge < -0.3 is 10.2 Å². The predicted molar refractivity (Wildman–Crippen MR) is 107 cm³/mol. The second-order valence-electron chi connectivity index (χ2n) is 5.91. The van der Waals surface area contributed by atoms with Crippen LogP contribution in [0.3, 0.4) is 0 Å². The molecule has 130 valence electrons. The van der Waals surface area contributed by atoms with Crippen molar-refractivity contribution in [2.45, 2.75) is 27.1 Å². The molecule has 0 bridgehead atoms. The van der Waals surface area contributed by atoms with Crippen molar-refractivity contribution >= 4 is 15.9 Å². The van der Waals surface area contributed by atoms with Crippen molar-refractivity contribution in [3.8, 4) is 11.1 Å². The van der Waals surface area contributed by atoms with Crippen LogP contribution in [0.2, 0.25) is 0 Å². The Morgan fingerprint density at radius 2 is 1.12 bits per heavy atom. The van der Waals surface area contributed by atoms with E-state index < -0.39 is 0 Å². The van der Waals surface area contributed by atoms with Gasteiger partial charge in [-0.1, -0.05) is 70.5 Å². The van der Waals surface area contributed by atoms with Crippen LogP contribution in [0.15, 0.2) is 71.2 Å². The molecular formula is C22H23BrO2.